The smallest absolute Gasteiger partial charge is 0.304 e. The number of hydrogen-bond donors (Lipinski definition) is 0. The largest absolute Gasteiger partial charge is 0.425 e. The molecule has 3 heterocycles. The Hall–Kier alpha value is -7.17. The van der Waals surface area contributed by atoms with Crippen LogP contribution in [-0.4, -0.2) is 9.55 Å². The second-order valence-electron chi connectivity index (χ2n) is 14.7. The summed E-state index contributed by atoms with van der Waals surface area (Å²) in [6, 6.07) is 73.1. The van der Waals surface area contributed by atoms with Crippen LogP contribution in [0, 0.1) is 0 Å². The van der Waals surface area contributed by atoms with Crippen LogP contribution in [0.1, 0.15) is 38.9 Å². The summed E-state index contributed by atoms with van der Waals surface area (Å²) in [5.41, 5.74) is 14.9. The molecular formula is C51H33N3O. The van der Waals surface area contributed by atoms with Crippen LogP contribution in [0.25, 0.3) is 22.2 Å². The lowest BCUT2D eigenvalue weighted by atomic mass is 9.62. The molecule has 1 aliphatic carbocycles. The van der Waals surface area contributed by atoms with Crippen LogP contribution in [0.2, 0.25) is 0 Å². The van der Waals surface area contributed by atoms with E-state index in [1.165, 1.54) is 44.5 Å². The Morgan fingerprint density at radius 3 is 1.56 bits per heavy atom. The molecule has 4 nitrogen and oxygen atoms in total. The summed E-state index contributed by atoms with van der Waals surface area (Å²) >= 11 is 0. The molecule has 8 aromatic carbocycles. The minimum absolute atomic E-state index is 0.539. The Kier molecular flexibility index (Phi) is 6.16. The van der Waals surface area contributed by atoms with Crippen molar-refractivity contribution in [3.63, 3.8) is 0 Å². The molecule has 0 fully saturated rings. The lowest BCUT2D eigenvalue weighted by molar-refractivity contribution is 0.340. The number of aromatic nitrogens is 2. The van der Waals surface area contributed by atoms with Gasteiger partial charge in [-0.2, -0.15) is 4.98 Å². The normalized spacial score (nSPS) is 14.9. The van der Waals surface area contributed by atoms with E-state index >= 15 is 0 Å². The molecule has 12 rings (SSSR count). The van der Waals surface area contributed by atoms with Crippen molar-refractivity contribution in [2.45, 2.75) is 11.0 Å². The van der Waals surface area contributed by atoms with Gasteiger partial charge in [-0.1, -0.05) is 164 Å². The predicted molar refractivity (Wildman–Crippen MR) is 220 cm³/mol. The van der Waals surface area contributed by atoms with Crippen LogP contribution in [0.5, 0.6) is 11.8 Å². The molecule has 1 aromatic heterocycles. The maximum atomic E-state index is 6.99. The summed E-state index contributed by atoms with van der Waals surface area (Å²) < 4.78 is 9.32. The van der Waals surface area contributed by atoms with Gasteiger partial charge in [0, 0.05) is 17.3 Å². The third-order valence-electron chi connectivity index (χ3n) is 12.1. The monoisotopic (exact) mass is 703 g/mol. The van der Waals surface area contributed by atoms with Crippen molar-refractivity contribution in [3.8, 4) is 22.9 Å². The van der Waals surface area contributed by atoms with E-state index < -0.39 is 11.0 Å². The van der Waals surface area contributed by atoms with Gasteiger partial charge in [-0.05, 0) is 74.8 Å². The maximum absolute atomic E-state index is 6.99. The van der Waals surface area contributed by atoms with Crippen molar-refractivity contribution in [2.75, 3.05) is 4.90 Å². The highest BCUT2D eigenvalue weighted by Crippen LogP contribution is 2.62. The SMILES string of the molecule is c1ccc(C2(c3ccccc3)c3ccccc3N(c3ccc4c(c3)Oc3nc5ccccc5n3C43c4ccccc4-c4ccccc43)c3ccccc32)cc1. The van der Waals surface area contributed by atoms with E-state index in [0.29, 0.717) is 6.01 Å². The zero-order valence-electron chi connectivity index (χ0n) is 29.8. The summed E-state index contributed by atoms with van der Waals surface area (Å²) in [6.07, 6.45) is 0. The van der Waals surface area contributed by atoms with Gasteiger partial charge in [-0.15, -0.1) is 0 Å². The third kappa shape index (κ3) is 3.83. The topological polar surface area (TPSA) is 30.3 Å². The second kappa shape index (κ2) is 11.2. The zero-order valence-corrected chi connectivity index (χ0v) is 29.8. The highest BCUT2D eigenvalue weighted by molar-refractivity contribution is 5.92. The third-order valence-corrected chi connectivity index (χ3v) is 12.1. The van der Waals surface area contributed by atoms with Gasteiger partial charge in [0.2, 0.25) is 0 Å². The number of imidazole rings is 1. The van der Waals surface area contributed by atoms with Crippen molar-refractivity contribution in [3.05, 3.63) is 239 Å². The van der Waals surface area contributed by atoms with Gasteiger partial charge in [-0.25, -0.2) is 0 Å². The minimum atomic E-state index is -0.682. The quantitative estimate of drug-likeness (QED) is 0.183. The second-order valence-corrected chi connectivity index (χ2v) is 14.7. The van der Waals surface area contributed by atoms with Gasteiger partial charge in [0.25, 0.3) is 0 Å². The Morgan fingerprint density at radius 1 is 0.436 bits per heavy atom. The number of nitrogens with zero attached hydrogens (tertiary/aromatic N) is 3. The van der Waals surface area contributed by atoms with Crippen molar-refractivity contribution in [2.24, 2.45) is 0 Å². The van der Waals surface area contributed by atoms with E-state index in [0.717, 1.165) is 39.4 Å². The number of anilines is 3. The molecule has 2 aliphatic heterocycles. The molecule has 0 saturated heterocycles. The van der Waals surface area contributed by atoms with E-state index in [9.17, 15) is 0 Å². The number of para-hydroxylation sites is 4. The van der Waals surface area contributed by atoms with Gasteiger partial charge >= 0.3 is 6.01 Å². The average molecular weight is 704 g/mol. The molecule has 1 spiro atoms. The van der Waals surface area contributed by atoms with E-state index in [-0.39, 0.29) is 0 Å². The van der Waals surface area contributed by atoms with Gasteiger partial charge in [0.15, 0.2) is 0 Å². The molecule has 4 heteroatoms. The fourth-order valence-electron chi connectivity index (χ4n) is 10.1. The van der Waals surface area contributed by atoms with Crippen LogP contribution in [0.15, 0.2) is 200 Å². The number of ether oxygens (including phenoxy) is 1. The fraction of sp³-hybridized carbons (Fsp3) is 0.0392. The first-order valence-electron chi connectivity index (χ1n) is 18.9. The predicted octanol–water partition coefficient (Wildman–Crippen LogP) is 12.1. The Balaban J connectivity index is 1.14. The first kappa shape index (κ1) is 30.3. The van der Waals surface area contributed by atoms with E-state index in [1.54, 1.807) is 0 Å². The molecule has 0 saturated carbocycles. The summed E-state index contributed by atoms with van der Waals surface area (Å²) in [5, 5.41) is 0. The minimum Gasteiger partial charge on any atom is -0.425 e. The van der Waals surface area contributed by atoms with Gasteiger partial charge in [0.1, 0.15) is 11.3 Å². The van der Waals surface area contributed by atoms with E-state index in [1.807, 2.05) is 6.07 Å². The lowest BCUT2D eigenvalue weighted by Crippen LogP contribution is -2.39. The maximum Gasteiger partial charge on any atom is 0.304 e. The molecule has 0 bridgehead atoms. The molecule has 9 aromatic rings. The van der Waals surface area contributed by atoms with E-state index in [4.69, 9.17) is 9.72 Å². The van der Waals surface area contributed by atoms with Crippen molar-refractivity contribution in [1.82, 2.24) is 9.55 Å². The molecule has 258 valence electrons. The summed E-state index contributed by atoms with van der Waals surface area (Å²) in [4.78, 5) is 7.56. The molecule has 0 unspecified atom stereocenters. The highest BCUT2D eigenvalue weighted by atomic mass is 16.5. The van der Waals surface area contributed by atoms with Gasteiger partial charge in [-0.3, -0.25) is 4.57 Å². The number of fused-ring (bicyclic) bond motifs is 13. The molecular weight excluding hydrogens is 671 g/mol. The fourth-order valence-corrected chi connectivity index (χ4v) is 10.1. The Labute approximate surface area is 319 Å². The summed E-state index contributed by atoms with van der Waals surface area (Å²) in [7, 11) is 0. The van der Waals surface area contributed by atoms with Crippen LogP contribution in [0.3, 0.4) is 0 Å². The Morgan fingerprint density at radius 2 is 0.945 bits per heavy atom. The van der Waals surface area contributed by atoms with E-state index in [2.05, 4.69) is 204 Å². The van der Waals surface area contributed by atoms with Crippen LogP contribution >= 0.6 is 0 Å². The van der Waals surface area contributed by atoms with Crippen molar-refractivity contribution < 1.29 is 4.74 Å². The molecule has 3 aliphatic rings. The van der Waals surface area contributed by atoms with Crippen LogP contribution in [0.4, 0.5) is 17.1 Å². The molecule has 55 heavy (non-hydrogen) atoms. The number of rotatable bonds is 3. The highest BCUT2D eigenvalue weighted by Gasteiger charge is 2.53. The zero-order chi connectivity index (χ0) is 36.1. The number of benzene rings is 8. The van der Waals surface area contributed by atoms with Crippen LogP contribution < -0.4 is 9.64 Å². The lowest BCUT2D eigenvalue weighted by Gasteiger charge is -2.46. The van der Waals surface area contributed by atoms with Crippen LogP contribution in [-0.2, 0) is 11.0 Å². The standard InChI is InChI=1S/C51H33N3O/c1-3-17-34(18-4-1)50(35-19-5-2-6-20-35)41-25-11-14-28-45(41)53(46-29-15-12-26-42(46)50)36-31-32-43-48(33-36)55-49-52-44-27-13-16-30-47(44)54(49)51(43)39-23-9-7-21-37(39)38-22-8-10-24-40(38)51/h1-33H. The van der Waals surface area contributed by atoms with Gasteiger partial charge < -0.3 is 9.64 Å². The molecule has 0 N–H and O–H groups in total. The van der Waals surface area contributed by atoms with Crippen molar-refractivity contribution >= 4 is 28.1 Å². The average Bonchev–Trinajstić information content (AvgIpc) is 3.77. The number of hydrogen-bond acceptors (Lipinski definition) is 3. The van der Waals surface area contributed by atoms with Crippen molar-refractivity contribution in [1.29, 1.82) is 0 Å². The Bertz CT molecular complexity index is 2850. The summed E-state index contributed by atoms with van der Waals surface area (Å²) in [6.45, 7) is 0. The summed E-state index contributed by atoms with van der Waals surface area (Å²) in [5.74, 6) is 0.796. The first-order chi connectivity index (χ1) is 27.3. The first-order valence-corrected chi connectivity index (χ1v) is 18.9. The molecule has 0 amide bonds. The molecule has 0 atom stereocenters. The molecule has 0 radical (unpaired) electrons. The van der Waals surface area contributed by atoms with Gasteiger partial charge in [0.05, 0.1) is 27.8 Å².